The van der Waals surface area contributed by atoms with E-state index in [2.05, 4.69) is 72.2 Å². The predicted molar refractivity (Wildman–Crippen MR) is 142 cm³/mol. The van der Waals surface area contributed by atoms with Gasteiger partial charge in [-0.25, -0.2) is 0 Å². The summed E-state index contributed by atoms with van der Waals surface area (Å²) < 4.78 is 0. The first kappa shape index (κ1) is 31.3. The fourth-order valence-corrected chi connectivity index (χ4v) is 4.72. The number of piperazine rings is 3. The molecule has 3 aliphatic heterocycles. The van der Waals surface area contributed by atoms with Crippen molar-refractivity contribution in [2.45, 2.75) is 67.5 Å². The third kappa shape index (κ3) is 15.1. The molecule has 0 saturated carbocycles. The number of amides is 3. The monoisotopic (exact) mass is 496 g/mol. The third-order valence-electron chi connectivity index (χ3n) is 5.60. The van der Waals surface area contributed by atoms with Gasteiger partial charge >= 0.3 is 0 Å². The molecule has 0 aliphatic carbocycles. The molecule has 0 aromatic rings. The van der Waals surface area contributed by atoms with Gasteiger partial charge < -0.3 is 16.0 Å². The Morgan fingerprint density at radius 1 is 0.657 bits per heavy atom. The molecular weight excluding hydrogens is 444 g/mol. The van der Waals surface area contributed by atoms with Gasteiger partial charge in [-0.3, -0.25) is 29.1 Å². The van der Waals surface area contributed by atoms with Gasteiger partial charge in [0, 0.05) is 57.9 Å². The quantitative estimate of drug-likeness (QED) is 0.508. The maximum absolute atomic E-state index is 11.1. The van der Waals surface area contributed by atoms with Crippen LogP contribution >= 0.6 is 0 Å². The summed E-state index contributed by atoms with van der Waals surface area (Å²) in [5.74, 6) is 2.42. The van der Waals surface area contributed by atoms with Crippen molar-refractivity contribution in [2.75, 3.05) is 65.4 Å². The van der Waals surface area contributed by atoms with Crippen LogP contribution in [0.3, 0.4) is 0 Å². The number of rotatable bonds is 6. The largest absolute Gasteiger partial charge is 0.354 e. The number of nitrogens with zero attached hydrogens (tertiary/aromatic N) is 3. The fraction of sp³-hybridized carbons (Fsp3) is 0.885. The van der Waals surface area contributed by atoms with Crippen LogP contribution < -0.4 is 16.0 Å². The van der Waals surface area contributed by atoms with Gasteiger partial charge in [-0.2, -0.15) is 0 Å². The molecule has 0 bridgehead atoms. The van der Waals surface area contributed by atoms with Crippen LogP contribution in [0.2, 0.25) is 0 Å². The van der Waals surface area contributed by atoms with Gasteiger partial charge in [-0.05, 0) is 31.6 Å². The minimum atomic E-state index is 0.161. The Bertz CT molecular complexity index is 613. The van der Waals surface area contributed by atoms with E-state index in [-0.39, 0.29) is 17.7 Å². The standard InChI is InChI=1S/2C9H18N2O.C8H16N2O/c2*1-7(2)4-11-5-8(3)10-9(12)6-11;1-7(2)5-10-4-3-9-8(11)6-10/h2*7-8H,4-6H2,1-3H3,(H,10,12);7H,3-6H2,1-2H3,(H,9,11). The zero-order valence-corrected chi connectivity index (χ0v) is 23.5. The molecule has 0 radical (unpaired) electrons. The minimum Gasteiger partial charge on any atom is -0.354 e. The lowest BCUT2D eigenvalue weighted by Crippen LogP contribution is -2.53. The van der Waals surface area contributed by atoms with E-state index < -0.39 is 0 Å². The summed E-state index contributed by atoms with van der Waals surface area (Å²) in [5, 5.41) is 8.61. The van der Waals surface area contributed by atoms with Crippen LogP contribution in [0.1, 0.15) is 55.4 Å². The molecule has 0 aromatic heterocycles. The Kier molecular flexibility index (Phi) is 14.4. The van der Waals surface area contributed by atoms with Crippen molar-refractivity contribution >= 4 is 17.7 Å². The van der Waals surface area contributed by atoms with Crippen molar-refractivity contribution in [1.82, 2.24) is 30.7 Å². The summed E-state index contributed by atoms with van der Waals surface area (Å²) in [6.45, 7) is 25.8. The molecule has 2 atom stereocenters. The molecular formula is C26H52N6O3. The van der Waals surface area contributed by atoms with Gasteiger partial charge in [0.15, 0.2) is 0 Å². The van der Waals surface area contributed by atoms with Gasteiger partial charge in [-0.15, -0.1) is 0 Å². The lowest BCUT2D eigenvalue weighted by atomic mass is 10.1. The van der Waals surface area contributed by atoms with Gasteiger partial charge in [0.05, 0.1) is 19.6 Å². The molecule has 204 valence electrons. The Morgan fingerprint density at radius 3 is 1.37 bits per heavy atom. The van der Waals surface area contributed by atoms with Crippen molar-refractivity contribution in [3.8, 4) is 0 Å². The Balaban J connectivity index is 0.000000263. The molecule has 35 heavy (non-hydrogen) atoms. The van der Waals surface area contributed by atoms with Crippen LogP contribution in [0, 0.1) is 17.8 Å². The SMILES string of the molecule is CC(C)CN1CC(=O)NC(C)C1.CC(C)CN1CC(=O)NC(C)C1.CC(C)CN1CCNC(=O)C1. The summed E-state index contributed by atoms with van der Waals surface area (Å²) >= 11 is 0. The van der Waals surface area contributed by atoms with Crippen molar-refractivity contribution in [1.29, 1.82) is 0 Å². The van der Waals surface area contributed by atoms with E-state index in [1.165, 1.54) is 0 Å². The summed E-state index contributed by atoms with van der Waals surface area (Å²) in [6, 6.07) is 0.620. The second kappa shape index (κ2) is 16.1. The first-order valence-corrected chi connectivity index (χ1v) is 13.4. The molecule has 3 heterocycles. The summed E-state index contributed by atoms with van der Waals surface area (Å²) in [7, 11) is 0. The van der Waals surface area contributed by atoms with E-state index in [1.807, 2.05) is 13.8 Å². The highest BCUT2D eigenvalue weighted by Gasteiger charge is 2.22. The molecule has 3 amide bonds. The van der Waals surface area contributed by atoms with Crippen molar-refractivity contribution in [2.24, 2.45) is 17.8 Å². The third-order valence-corrected chi connectivity index (χ3v) is 5.60. The fourth-order valence-electron chi connectivity index (χ4n) is 4.72. The van der Waals surface area contributed by atoms with Crippen LogP contribution in [0.25, 0.3) is 0 Å². The highest BCUT2D eigenvalue weighted by atomic mass is 16.2. The highest BCUT2D eigenvalue weighted by Crippen LogP contribution is 2.04. The van der Waals surface area contributed by atoms with Gasteiger partial charge in [0.2, 0.25) is 17.7 Å². The zero-order chi connectivity index (χ0) is 26.5. The first-order chi connectivity index (χ1) is 16.3. The summed E-state index contributed by atoms with van der Waals surface area (Å²) in [6.07, 6.45) is 0. The molecule has 3 aliphatic rings. The second-order valence-corrected chi connectivity index (χ2v) is 11.6. The highest BCUT2D eigenvalue weighted by molar-refractivity contribution is 5.79. The summed E-state index contributed by atoms with van der Waals surface area (Å²) in [4.78, 5) is 39.8. The Hall–Kier alpha value is -1.71. The topological polar surface area (TPSA) is 97.0 Å². The van der Waals surface area contributed by atoms with E-state index in [1.54, 1.807) is 0 Å². The van der Waals surface area contributed by atoms with Crippen LogP contribution in [-0.2, 0) is 14.4 Å². The van der Waals surface area contributed by atoms with Gasteiger partial charge in [0.25, 0.3) is 0 Å². The zero-order valence-electron chi connectivity index (χ0n) is 23.5. The molecule has 3 fully saturated rings. The average Bonchev–Trinajstić information content (AvgIpc) is 2.65. The number of carbonyl (C=O) groups excluding carboxylic acids is 3. The van der Waals surface area contributed by atoms with Crippen LogP contribution in [0.15, 0.2) is 0 Å². The molecule has 3 saturated heterocycles. The maximum atomic E-state index is 11.1. The lowest BCUT2D eigenvalue weighted by molar-refractivity contribution is -0.126. The van der Waals surface area contributed by atoms with E-state index in [9.17, 15) is 14.4 Å². The minimum absolute atomic E-state index is 0.161. The molecule has 0 spiro atoms. The van der Waals surface area contributed by atoms with Crippen LogP contribution in [0.4, 0.5) is 0 Å². The normalized spacial score (nSPS) is 24.3. The smallest absolute Gasteiger partial charge is 0.234 e. The number of hydrogen-bond donors (Lipinski definition) is 3. The predicted octanol–water partition coefficient (Wildman–Crippen LogP) is 1.000. The number of hydrogen-bond acceptors (Lipinski definition) is 6. The van der Waals surface area contributed by atoms with Gasteiger partial charge in [0.1, 0.15) is 0 Å². The van der Waals surface area contributed by atoms with E-state index in [0.29, 0.717) is 49.5 Å². The molecule has 9 nitrogen and oxygen atoms in total. The van der Waals surface area contributed by atoms with Crippen molar-refractivity contribution < 1.29 is 14.4 Å². The number of nitrogens with one attached hydrogen (secondary N) is 3. The Labute approximate surface area is 213 Å². The maximum Gasteiger partial charge on any atom is 0.234 e. The second-order valence-electron chi connectivity index (χ2n) is 11.6. The van der Waals surface area contributed by atoms with E-state index in [0.717, 1.165) is 45.8 Å². The first-order valence-electron chi connectivity index (χ1n) is 13.4. The molecule has 3 rings (SSSR count). The average molecular weight is 497 g/mol. The van der Waals surface area contributed by atoms with E-state index >= 15 is 0 Å². The summed E-state index contributed by atoms with van der Waals surface area (Å²) in [5.41, 5.74) is 0. The lowest BCUT2D eigenvalue weighted by Gasteiger charge is -2.32. The number of carbonyl (C=O) groups is 3. The molecule has 2 unspecified atom stereocenters. The van der Waals surface area contributed by atoms with Gasteiger partial charge in [-0.1, -0.05) is 41.5 Å². The van der Waals surface area contributed by atoms with Crippen molar-refractivity contribution in [3.05, 3.63) is 0 Å². The van der Waals surface area contributed by atoms with E-state index in [4.69, 9.17) is 0 Å². The Morgan fingerprint density at radius 2 is 1.03 bits per heavy atom. The van der Waals surface area contributed by atoms with Crippen LogP contribution in [0.5, 0.6) is 0 Å². The molecule has 3 N–H and O–H groups in total. The van der Waals surface area contributed by atoms with Crippen molar-refractivity contribution in [3.63, 3.8) is 0 Å². The molecule has 0 aromatic carbocycles. The molecule has 9 heteroatoms. The van der Waals surface area contributed by atoms with Crippen LogP contribution in [-0.4, -0.2) is 110 Å².